The van der Waals surface area contributed by atoms with Gasteiger partial charge >= 0.3 is 0 Å². The third-order valence-corrected chi connectivity index (χ3v) is 5.24. The first-order valence-corrected chi connectivity index (χ1v) is 8.40. The molecule has 3 nitrogen and oxygen atoms in total. The molecule has 3 heterocycles. The molecule has 26 heavy (non-hydrogen) atoms. The van der Waals surface area contributed by atoms with E-state index in [0.29, 0.717) is 0 Å². The van der Waals surface area contributed by atoms with Crippen molar-refractivity contribution in [2.24, 2.45) is 7.05 Å². The summed E-state index contributed by atoms with van der Waals surface area (Å²) >= 11 is 0. The van der Waals surface area contributed by atoms with E-state index in [-0.39, 0.29) is 20.1 Å². The second-order valence-corrected chi connectivity index (χ2v) is 6.56. The molecular formula is C22H14IrN3-. The molecule has 0 fully saturated rings. The predicted molar refractivity (Wildman–Crippen MR) is 103 cm³/mol. The Morgan fingerprint density at radius 3 is 2.69 bits per heavy atom. The number of aromatic nitrogens is 3. The van der Waals surface area contributed by atoms with E-state index in [9.17, 15) is 0 Å². The molecule has 1 radical (unpaired) electrons. The van der Waals surface area contributed by atoms with E-state index in [0.717, 1.165) is 22.1 Å². The first-order chi connectivity index (χ1) is 12.3. The average molecular weight is 513 g/mol. The number of para-hydroxylation sites is 1. The van der Waals surface area contributed by atoms with E-state index >= 15 is 0 Å². The number of imidazole rings is 1. The Labute approximate surface area is 163 Å². The Morgan fingerprint density at radius 1 is 0.885 bits per heavy atom. The molecule has 6 aromatic rings. The predicted octanol–water partition coefficient (Wildman–Crippen LogP) is 5.08. The number of fused-ring (bicyclic) bond motifs is 8. The van der Waals surface area contributed by atoms with Crippen molar-refractivity contribution in [2.45, 2.75) is 0 Å². The summed E-state index contributed by atoms with van der Waals surface area (Å²) in [5, 5.41) is 4.76. The standard InChI is InChI=1S/C22H14N3.Ir/c1-24-19-9-5-4-8-16(19)17-12-18-21(13-20(17)24)25-11-10-14-6-2-3-7-15(14)22(25)23-18;/h2-6,8-13H,1H3;/q-1;. The Kier molecular flexibility index (Phi) is 3.24. The topological polar surface area (TPSA) is 22.2 Å². The van der Waals surface area contributed by atoms with E-state index in [1.807, 2.05) is 12.1 Å². The van der Waals surface area contributed by atoms with Gasteiger partial charge in [-0.15, -0.1) is 35.0 Å². The molecule has 0 spiro atoms. The zero-order valence-electron chi connectivity index (χ0n) is 14.0. The second kappa shape index (κ2) is 5.41. The third-order valence-electron chi connectivity index (χ3n) is 5.24. The van der Waals surface area contributed by atoms with E-state index in [4.69, 9.17) is 4.98 Å². The molecule has 0 saturated heterocycles. The molecule has 0 aliphatic heterocycles. The molecule has 6 rings (SSSR count). The van der Waals surface area contributed by atoms with Gasteiger partial charge in [0.1, 0.15) is 0 Å². The van der Waals surface area contributed by atoms with Crippen molar-refractivity contribution >= 4 is 49.3 Å². The Hall–Kier alpha value is -2.68. The maximum atomic E-state index is 4.93. The molecule has 0 saturated carbocycles. The maximum absolute atomic E-state index is 4.93. The van der Waals surface area contributed by atoms with Crippen LogP contribution < -0.4 is 0 Å². The van der Waals surface area contributed by atoms with Crippen molar-refractivity contribution in [3.05, 3.63) is 72.9 Å². The Bertz CT molecular complexity index is 1460. The first kappa shape index (κ1) is 15.6. The van der Waals surface area contributed by atoms with Crippen LogP contribution >= 0.6 is 0 Å². The summed E-state index contributed by atoms with van der Waals surface area (Å²) in [6.45, 7) is 0. The van der Waals surface area contributed by atoms with Crippen molar-refractivity contribution in [1.82, 2.24) is 14.0 Å². The normalized spacial score (nSPS) is 11.7. The second-order valence-electron chi connectivity index (χ2n) is 6.56. The number of nitrogens with zero attached hydrogens (tertiary/aromatic N) is 3. The summed E-state index contributed by atoms with van der Waals surface area (Å²) in [6.07, 6.45) is 2.11. The van der Waals surface area contributed by atoms with Crippen LogP contribution in [0.15, 0.2) is 66.9 Å². The first-order valence-electron chi connectivity index (χ1n) is 8.40. The van der Waals surface area contributed by atoms with Crippen LogP contribution in [0.1, 0.15) is 0 Å². The van der Waals surface area contributed by atoms with Gasteiger partial charge in [0.2, 0.25) is 0 Å². The zero-order valence-corrected chi connectivity index (χ0v) is 16.4. The number of benzene rings is 3. The van der Waals surface area contributed by atoms with Crippen molar-refractivity contribution < 1.29 is 20.1 Å². The van der Waals surface area contributed by atoms with Gasteiger partial charge in [0, 0.05) is 43.4 Å². The van der Waals surface area contributed by atoms with Gasteiger partial charge in [-0.25, -0.2) is 0 Å². The monoisotopic (exact) mass is 513 g/mol. The van der Waals surface area contributed by atoms with Gasteiger partial charge in [0.25, 0.3) is 0 Å². The molecule has 0 atom stereocenters. The van der Waals surface area contributed by atoms with Gasteiger partial charge in [-0.1, -0.05) is 24.3 Å². The van der Waals surface area contributed by atoms with E-state index < -0.39 is 0 Å². The molecule has 3 aromatic heterocycles. The largest absolute Gasteiger partial charge is 0.344 e. The summed E-state index contributed by atoms with van der Waals surface area (Å²) in [6, 6.07) is 24.5. The van der Waals surface area contributed by atoms with Gasteiger partial charge < -0.3 is 8.97 Å². The molecule has 0 aliphatic rings. The van der Waals surface area contributed by atoms with Gasteiger partial charge in [-0.05, 0) is 24.4 Å². The van der Waals surface area contributed by atoms with E-state index in [2.05, 4.69) is 76.8 Å². The third kappa shape index (κ3) is 1.89. The van der Waals surface area contributed by atoms with Gasteiger partial charge in [0.15, 0.2) is 0 Å². The van der Waals surface area contributed by atoms with E-state index in [1.54, 1.807) is 0 Å². The summed E-state index contributed by atoms with van der Waals surface area (Å²) in [4.78, 5) is 4.93. The molecule has 3 aromatic carbocycles. The van der Waals surface area contributed by atoms with Crippen LogP contribution in [-0.2, 0) is 27.2 Å². The minimum atomic E-state index is 0. The minimum absolute atomic E-state index is 0. The number of hydrogen-bond donors (Lipinski definition) is 0. The maximum Gasteiger partial charge on any atom is 0.0782 e. The van der Waals surface area contributed by atoms with Gasteiger partial charge in [-0.2, -0.15) is 0 Å². The molecule has 4 heteroatoms. The van der Waals surface area contributed by atoms with Crippen LogP contribution in [0.4, 0.5) is 0 Å². The van der Waals surface area contributed by atoms with Crippen LogP contribution in [0.3, 0.4) is 0 Å². The summed E-state index contributed by atoms with van der Waals surface area (Å²) in [5.74, 6) is 0. The molecule has 0 amide bonds. The van der Waals surface area contributed by atoms with E-state index in [1.165, 1.54) is 27.2 Å². The fourth-order valence-corrected chi connectivity index (χ4v) is 4.01. The number of pyridine rings is 1. The summed E-state index contributed by atoms with van der Waals surface area (Å²) in [5.41, 5.74) is 5.60. The number of aryl methyl sites for hydroxylation is 1. The summed E-state index contributed by atoms with van der Waals surface area (Å²) < 4.78 is 4.43. The molecule has 0 aliphatic carbocycles. The number of hydrogen-bond acceptors (Lipinski definition) is 1. The van der Waals surface area contributed by atoms with Crippen molar-refractivity contribution in [1.29, 1.82) is 0 Å². The minimum Gasteiger partial charge on any atom is -0.344 e. The van der Waals surface area contributed by atoms with Gasteiger partial charge in [0.05, 0.1) is 22.2 Å². The zero-order chi connectivity index (χ0) is 16.5. The van der Waals surface area contributed by atoms with Crippen LogP contribution in [0.25, 0.3) is 49.3 Å². The molecule has 0 unspecified atom stereocenters. The van der Waals surface area contributed by atoms with Crippen LogP contribution in [0, 0.1) is 6.07 Å². The number of rotatable bonds is 0. The van der Waals surface area contributed by atoms with Crippen LogP contribution in [-0.4, -0.2) is 14.0 Å². The van der Waals surface area contributed by atoms with Crippen molar-refractivity contribution in [3.63, 3.8) is 0 Å². The SMILES string of the molecule is Cn1c2ccccc2c2cc3nc4c5[c-]cccc5ccn4c3cc21.[Ir]. The summed E-state index contributed by atoms with van der Waals surface area (Å²) in [7, 11) is 2.13. The Balaban J connectivity index is 0.00000150. The fourth-order valence-electron chi connectivity index (χ4n) is 4.01. The van der Waals surface area contributed by atoms with Crippen molar-refractivity contribution in [2.75, 3.05) is 0 Å². The van der Waals surface area contributed by atoms with Crippen molar-refractivity contribution in [3.8, 4) is 0 Å². The molecule has 0 N–H and O–H groups in total. The smallest absolute Gasteiger partial charge is 0.0782 e. The van der Waals surface area contributed by atoms with Crippen LogP contribution in [0.2, 0.25) is 0 Å². The Morgan fingerprint density at radius 2 is 1.77 bits per heavy atom. The molecule has 127 valence electrons. The quantitative estimate of drug-likeness (QED) is 0.260. The van der Waals surface area contributed by atoms with Crippen LogP contribution in [0.5, 0.6) is 0 Å². The average Bonchev–Trinajstić information content (AvgIpc) is 3.16. The molecular weight excluding hydrogens is 498 g/mol. The molecule has 0 bridgehead atoms. The van der Waals surface area contributed by atoms with Gasteiger partial charge in [-0.3, -0.25) is 4.98 Å². The fraction of sp³-hybridized carbons (Fsp3) is 0.0455.